The molecule has 0 aliphatic rings. The van der Waals surface area contributed by atoms with Crippen LogP contribution in [0.15, 0.2) is 23.1 Å². The average molecular weight is 463 g/mol. The summed E-state index contributed by atoms with van der Waals surface area (Å²) >= 11 is 3.30. The highest BCUT2D eigenvalue weighted by Crippen LogP contribution is 2.22. The summed E-state index contributed by atoms with van der Waals surface area (Å²) in [6, 6.07) is 1.81. The summed E-state index contributed by atoms with van der Waals surface area (Å²) in [4.78, 5) is 32.3. The number of pyridine rings is 1. The predicted molar refractivity (Wildman–Crippen MR) is 95.6 cm³/mol. The number of carbonyl (C=O) groups excluding carboxylic acids is 1. The minimum absolute atomic E-state index is 0.106. The number of anilines is 1. The molecule has 3 heterocycles. The first-order chi connectivity index (χ1) is 13.1. The monoisotopic (exact) mass is 462 g/mol. The van der Waals surface area contributed by atoms with E-state index < -0.39 is 12.1 Å². The first-order valence-electron chi connectivity index (χ1n) is 7.66. The molecule has 9 nitrogen and oxygen atoms in total. The van der Waals surface area contributed by atoms with E-state index in [2.05, 4.69) is 46.4 Å². The van der Waals surface area contributed by atoms with Gasteiger partial charge in [0.05, 0.1) is 11.7 Å². The van der Waals surface area contributed by atoms with Crippen molar-refractivity contribution in [1.82, 2.24) is 25.1 Å². The number of imidazole rings is 1. The first kappa shape index (κ1) is 21.3. The second-order valence-electron chi connectivity index (χ2n) is 5.49. The summed E-state index contributed by atoms with van der Waals surface area (Å²) in [5.74, 6) is -1.55. The van der Waals surface area contributed by atoms with Gasteiger partial charge in [-0.1, -0.05) is 0 Å². The van der Waals surface area contributed by atoms with Crippen LogP contribution in [0.1, 0.15) is 17.9 Å². The third-order valence-electron chi connectivity index (χ3n) is 3.26. The van der Waals surface area contributed by atoms with Crippen molar-refractivity contribution < 1.29 is 27.9 Å². The second kappa shape index (κ2) is 8.82. The summed E-state index contributed by atoms with van der Waals surface area (Å²) in [6.45, 7) is 1.93. The maximum absolute atomic E-state index is 12.0. The lowest BCUT2D eigenvalue weighted by Crippen LogP contribution is -2.21. The molecule has 3 aromatic rings. The SMILES string of the molecule is Cc1cnc(CCC(=O)Nc2n[nH]c3cnc(Br)cc23)[nH]1.O=C(O)C(F)(F)F. The molecule has 0 aliphatic heterocycles. The molecule has 0 aromatic carbocycles. The zero-order valence-corrected chi connectivity index (χ0v) is 15.8. The van der Waals surface area contributed by atoms with E-state index in [1.165, 1.54) is 0 Å². The predicted octanol–water partition coefficient (Wildman–Crippen LogP) is 2.96. The molecule has 1 amide bonds. The Labute approximate surface area is 163 Å². The Morgan fingerprint density at radius 1 is 1.29 bits per heavy atom. The van der Waals surface area contributed by atoms with Gasteiger partial charge in [0.1, 0.15) is 10.4 Å². The number of nitrogens with zero attached hydrogens (tertiary/aromatic N) is 3. The number of aromatic amines is 2. The van der Waals surface area contributed by atoms with Gasteiger partial charge in [0.25, 0.3) is 0 Å². The Balaban J connectivity index is 0.000000345. The topological polar surface area (TPSA) is 137 Å². The molecule has 0 saturated carbocycles. The van der Waals surface area contributed by atoms with Gasteiger partial charge in [0.2, 0.25) is 5.91 Å². The number of aryl methyl sites for hydroxylation is 2. The third-order valence-corrected chi connectivity index (χ3v) is 3.69. The number of aromatic nitrogens is 5. The number of nitrogens with one attached hydrogen (secondary N) is 3. The van der Waals surface area contributed by atoms with Crippen LogP contribution in [0, 0.1) is 6.92 Å². The Kier molecular flexibility index (Phi) is 6.72. The van der Waals surface area contributed by atoms with Gasteiger partial charge >= 0.3 is 12.1 Å². The van der Waals surface area contributed by atoms with Crippen LogP contribution < -0.4 is 5.32 Å². The molecule has 28 heavy (non-hydrogen) atoms. The van der Waals surface area contributed by atoms with Crippen molar-refractivity contribution in [1.29, 1.82) is 0 Å². The molecule has 0 fully saturated rings. The van der Waals surface area contributed by atoms with Crippen molar-refractivity contribution in [2.45, 2.75) is 25.9 Å². The molecular formula is C15H14BrF3N6O3. The van der Waals surface area contributed by atoms with E-state index in [4.69, 9.17) is 9.90 Å². The summed E-state index contributed by atoms with van der Waals surface area (Å²) in [6.07, 6.45) is -0.770. The lowest BCUT2D eigenvalue weighted by Gasteiger charge is -2.01. The number of carboxylic acids is 1. The van der Waals surface area contributed by atoms with E-state index in [0.717, 1.165) is 22.4 Å². The van der Waals surface area contributed by atoms with E-state index >= 15 is 0 Å². The van der Waals surface area contributed by atoms with Gasteiger partial charge in [0.15, 0.2) is 5.82 Å². The highest BCUT2D eigenvalue weighted by Gasteiger charge is 2.38. The smallest absolute Gasteiger partial charge is 0.475 e. The van der Waals surface area contributed by atoms with Crippen molar-refractivity contribution in [3.8, 4) is 0 Å². The average Bonchev–Trinajstić information content (AvgIpc) is 3.19. The van der Waals surface area contributed by atoms with Crippen LogP contribution in [0.2, 0.25) is 0 Å². The quantitative estimate of drug-likeness (QED) is 0.440. The zero-order valence-electron chi connectivity index (χ0n) is 14.3. The molecule has 13 heteroatoms. The van der Waals surface area contributed by atoms with Gasteiger partial charge in [-0.25, -0.2) is 14.8 Å². The van der Waals surface area contributed by atoms with Crippen LogP contribution in [0.25, 0.3) is 10.9 Å². The second-order valence-corrected chi connectivity index (χ2v) is 6.30. The van der Waals surface area contributed by atoms with Gasteiger partial charge in [0, 0.05) is 30.1 Å². The van der Waals surface area contributed by atoms with E-state index in [1.807, 2.05) is 13.0 Å². The number of halogens is 4. The highest BCUT2D eigenvalue weighted by atomic mass is 79.9. The van der Waals surface area contributed by atoms with Crippen LogP contribution in [0.5, 0.6) is 0 Å². The lowest BCUT2D eigenvalue weighted by molar-refractivity contribution is -0.192. The first-order valence-corrected chi connectivity index (χ1v) is 8.45. The van der Waals surface area contributed by atoms with E-state index in [9.17, 15) is 18.0 Å². The van der Waals surface area contributed by atoms with Crippen LogP contribution >= 0.6 is 15.9 Å². The number of fused-ring (bicyclic) bond motifs is 1. The number of carboxylic acid groups (broad SMARTS) is 1. The van der Waals surface area contributed by atoms with Crippen molar-refractivity contribution in [3.63, 3.8) is 0 Å². The molecule has 0 aliphatic carbocycles. The Hall–Kier alpha value is -2.96. The van der Waals surface area contributed by atoms with Crippen LogP contribution in [-0.2, 0) is 16.0 Å². The molecular weight excluding hydrogens is 449 g/mol. The number of H-pyrrole nitrogens is 2. The number of hydrogen-bond acceptors (Lipinski definition) is 5. The molecule has 3 aromatic heterocycles. The molecule has 0 bridgehead atoms. The summed E-state index contributed by atoms with van der Waals surface area (Å²) in [5.41, 5.74) is 1.76. The number of carbonyl (C=O) groups is 2. The summed E-state index contributed by atoms with van der Waals surface area (Å²) < 4.78 is 32.4. The molecule has 150 valence electrons. The Morgan fingerprint density at radius 3 is 2.54 bits per heavy atom. The van der Waals surface area contributed by atoms with Crippen molar-refractivity contribution in [2.75, 3.05) is 5.32 Å². The minimum Gasteiger partial charge on any atom is -0.475 e. The fraction of sp³-hybridized carbons (Fsp3) is 0.267. The fourth-order valence-electron chi connectivity index (χ4n) is 2.01. The molecule has 3 rings (SSSR count). The van der Waals surface area contributed by atoms with Crippen molar-refractivity contribution >= 4 is 44.5 Å². The Bertz CT molecular complexity index is 985. The Morgan fingerprint density at radius 2 is 1.96 bits per heavy atom. The molecule has 0 spiro atoms. The summed E-state index contributed by atoms with van der Waals surface area (Å²) in [5, 5.41) is 17.7. The number of hydrogen-bond donors (Lipinski definition) is 4. The molecule has 4 N–H and O–H groups in total. The molecule has 0 radical (unpaired) electrons. The minimum atomic E-state index is -5.08. The zero-order chi connectivity index (χ0) is 20.9. The number of rotatable bonds is 4. The molecule has 0 unspecified atom stereocenters. The van der Waals surface area contributed by atoms with Crippen LogP contribution in [0.3, 0.4) is 0 Å². The van der Waals surface area contributed by atoms with Crippen LogP contribution in [0.4, 0.5) is 19.0 Å². The van der Waals surface area contributed by atoms with Crippen LogP contribution in [-0.4, -0.2) is 48.3 Å². The molecule has 0 atom stereocenters. The maximum atomic E-state index is 12.0. The van der Waals surface area contributed by atoms with Gasteiger partial charge < -0.3 is 15.4 Å². The number of alkyl halides is 3. The number of aliphatic carboxylic acids is 1. The largest absolute Gasteiger partial charge is 0.490 e. The van der Waals surface area contributed by atoms with Gasteiger partial charge in [-0.05, 0) is 28.9 Å². The van der Waals surface area contributed by atoms with Crippen molar-refractivity contribution in [2.24, 2.45) is 0 Å². The van der Waals surface area contributed by atoms with E-state index in [1.54, 1.807) is 12.4 Å². The molecule has 0 saturated heterocycles. The third kappa shape index (κ3) is 6.04. The van der Waals surface area contributed by atoms with Gasteiger partial charge in [-0.15, -0.1) is 0 Å². The lowest BCUT2D eigenvalue weighted by atomic mass is 10.2. The standard InChI is InChI=1S/C13H13BrN6O.C2HF3O2/c1-7-5-16-11(17-7)2-3-12(21)18-13-8-4-10(14)15-6-9(8)19-20-13;3-2(4,5)1(6)7/h4-6H,2-3H2,1H3,(H,16,17)(H2,18,19,20,21);(H,6,7). The van der Waals surface area contributed by atoms with E-state index in [-0.39, 0.29) is 5.91 Å². The highest BCUT2D eigenvalue weighted by molar-refractivity contribution is 9.10. The summed E-state index contributed by atoms with van der Waals surface area (Å²) in [7, 11) is 0. The maximum Gasteiger partial charge on any atom is 0.490 e. The van der Waals surface area contributed by atoms with Gasteiger partial charge in [-0.2, -0.15) is 18.3 Å². The van der Waals surface area contributed by atoms with Gasteiger partial charge in [-0.3, -0.25) is 9.89 Å². The number of amides is 1. The fourth-order valence-corrected chi connectivity index (χ4v) is 2.34. The van der Waals surface area contributed by atoms with E-state index in [0.29, 0.717) is 23.3 Å². The van der Waals surface area contributed by atoms with Crippen molar-refractivity contribution in [3.05, 3.63) is 34.6 Å². The normalized spacial score (nSPS) is 11.0.